The minimum absolute atomic E-state index is 0.0235. The van der Waals surface area contributed by atoms with Crippen molar-refractivity contribution >= 4 is 21.7 Å². The van der Waals surface area contributed by atoms with Crippen LogP contribution < -0.4 is 0 Å². The summed E-state index contributed by atoms with van der Waals surface area (Å²) in [6.45, 7) is 0. The molecule has 0 bridgehead atoms. The first-order valence-corrected chi connectivity index (χ1v) is 7.06. The molecule has 2 rings (SSSR count). The van der Waals surface area contributed by atoms with Crippen molar-refractivity contribution in [2.75, 3.05) is 0 Å². The maximum Gasteiger partial charge on any atom is 0.194 e. The SMILES string of the molecule is O=C(c1cc(Br)ccc1F)C(O)C1CCCCC1. The standard InChI is InChI=1S/C14H16BrFO2/c15-10-6-7-12(16)11(8-10)14(18)13(17)9-4-2-1-3-5-9/h6-9,13,17H,1-5H2. The van der Waals surface area contributed by atoms with E-state index in [1.807, 2.05) is 0 Å². The Bertz CT molecular complexity index is 441. The molecule has 1 aliphatic rings. The number of Topliss-reactive ketones (excluding diaryl/α,β-unsaturated/α-hetero) is 1. The van der Waals surface area contributed by atoms with Gasteiger partial charge in [-0.25, -0.2) is 4.39 Å². The molecule has 4 heteroatoms. The van der Waals surface area contributed by atoms with Gasteiger partial charge in [-0.2, -0.15) is 0 Å². The molecule has 18 heavy (non-hydrogen) atoms. The van der Waals surface area contributed by atoms with Crippen LogP contribution in [0.25, 0.3) is 0 Å². The van der Waals surface area contributed by atoms with Gasteiger partial charge in [-0.15, -0.1) is 0 Å². The average Bonchev–Trinajstić information content (AvgIpc) is 2.41. The van der Waals surface area contributed by atoms with Crippen LogP contribution in [-0.2, 0) is 0 Å². The maximum atomic E-state index is 13.6. The lowest BCUT2D eigenvalue weighted by Crippen LogP contribution is -2.31. The molecule has 1 saturated carbocycles. The summed E-state index contributed by atoms with van der Waals surface area (Å²) >= 11 is 3.21. The number of ketones is 1. The molecule has 0 heterocycles. The van der Waals surface area contributed by atoms with Crippen molar-refractivity contribution in [2.45, 2.75) is 38.2 Å². The van der Waals surface area contributed by atoms with E-state index in [1.54, 1.807) is 6.07 Å². The summed E-state index contributed by atoms with van der Waals surface area (Å²) in [7, 11) is 0. The predicted octanol–water partition coefficient (Wildman–Crippen LogP) is 3.71. The van der Waals surface area contributed by atoms with E-state index >= 15 is 0 Å². The highest BCUT2D eigenvalue weighted by atomic mass is 79.9. The van der Waals surface area contributed by atoms with Crippen molar-refractivity contribution in [3.63, 3.8) is 0 Å². The van der Waals surface area contributed by atoms with Crippen molar-refractivity contribution < 1.29 is 14.3 Å². The first-order valence-electron chi connectivity index (χ1n) is 6.27. The molecule has 0 saturated heterocycles. The number of carbonyl (C=O) groups excluding carboxylic acids is 1. The monoisotopic (exact) mass is 314 g/mol. The largest absolute Gasteiger partial charge is 0.385 e. The lowest BCUT2D eigenvalue weighted by Gasteiger charge is -2.25. The molecule has 0 aromatic heterocycles. The number of aliphatic hydroxyl groups excluding tert-OH is 1. The highest BCUT2D eigenvalue weighted by Crippen LogP contribution is 2.28. The first-order chi connectivity index (χ1) is 8.59. The second kappa shape index (κ2) is 5.93. The van der Waals surface area contributed by atoms with E-state index in [1.165, 1.54) is 12.1 Å². The molecule has 1 atom stereocenters. The van der Waals surface area contributed by atoms with Crippen molar-refractivity contribution in [2.24, 2.45) is 5.92 Å². The summed E-state index contributed by atoms with van der Waals surface area (Å²) in [5.74, 6) is -1.09. The lowest BCUT2D eigenvalue weighted by molar-refractivity contribution is 0.0530. The summed E-state index contributed by atoms with van der Waals surface area (Å²) in [6, 6.07) is 4.22. The van der Waals surface area contributed by atoms with Crippen LogP contribution in [-0.4, -0.2) is 17.0 Å². The summed E-state index contributed by atoms with van der Waals surface area (Å²) in [6.07, 6.45) is 3.86. The molecule has 0 spiro atoms. The second-order valence-electron chi connectivity index (χ2n) is 4.83. The Morgan fingerprint density at radius 1 is 1.33 bits per heavy atom. The fraction of sp³-hybridized carbons (Fsp3) is 0.500. The van der Waals surface area contributed by atoms with E-state index in [-0.39, 0.29) is 11.5 Å². The third kappa shape index (κ3) is 2.98. The topological polar surface area (TPSA) is 37.3 Å². The van der Waals surface area contributed by atoms with Crippen LogP contribution >= 0.6 is 15.9 Å². The molecule has 1 aliphatic carbocycles. The highest BCUT2D eigenvalue weighted by molar-refractivity contribution is 9.10. The van der Waals surface area contributed by atoms with E-state index in [0.717, 1.165) is 32.1 Å². The zero-order chi connectivity index (χ0) is 13.1. The fourth-order valence-corrected chi connectivity index (χ4v) is 2.87. The number of rotatable bonds is 3. The normalized spacial score (nSPS) is 18.6. The number of benzene rings is 1. The van der Waals surface area contributed by atoms with Crippen LogP contribution in [0.3, 0.4) is 0 Å². The highest BCUT2D eigenvalue weighted by Gasteiger charge is 2.29. The molecular weight excluding hydrogens is 299 g/mol. The molecule has 1 N–H and O–H groups in total. The number of carbonyl (C=O) groups is 1. The molecule has 0 aliphatic heterocycles. The smallest absolute Gasteiger partial charge is 0.194 e. The predicted molar refractivity (Wildman–Crippen MR) is 71.0 cm³/mol. The molecule has 0 radical (unpaired) electrons. The van der Waals surface area contributed by atoms with E-state index in [9.17, 15) is 14.3 Å². The van der Waals surface area contributed by atoms with Crippen molar-refractivity contribution in [1.82, 2.24) is 0 Å². The average molecular weight is 315 g/mol. The van der Waals surface area contributed by atoms with Gasteiger partial charge in [-0.05, 0) is 37.0 Å². The minimum atomic E-state index is -1.07. The van der Waals surface area contributed by atoms with E-state index in [2.05, 4.69) is 15.9 Å². The first kappa shape index (κ1) is 13.7. The summed E-state index contributed by atoms with van der Waals surface area (Å²) in [5.41, 5.74) is -0.0255. The second-order valence-corrected chi connectivity index (χ2v) is 5.75. The molecular formula is C14H16BrFO2. The van der Waals surface area contributed by atoms with Crippen molar-refractivity contribution in [3.8, 4) is 0 Å². The van der Waals surface area contributed by atoms with E-state index < -0.39 is 17.7 Å². The van der Waals surface area contributed by atoms with Gasteiger partial charge in [-0.1, -0.05) is 35.2 Å². The van der Waals surface area contributed by atoms with Crippen LogP contribution in [0.5, 0.6) is 0 Å². The summed E-state index contributed by atoms with van der Waals surface area (Å²) in [5, 5.41) is 10.1. The van der Waals surface area contributed by atoms with Gasteiger partial charge in [0.25, 0.3) is 0 Å². The summed E-state index contributed by atoms with van der Waals surface area (Å²) in [4.78, 5) is 12.1. The Kier molecular flexibility index (Phi) is 4.51. The van der Waals surface area contributed by atoms with Crippen molar-refractivity contribution in [1.29, 1.82) is 0 Å². The van der Waals surface area contributed by atoms with E-state index in [0.29, 0.717) is 4.47 Å². The van der Waals surface area contributed by atoms with Gasteiger partial charge in [0.1, 0.15) is 11.9 Å². The van der Waals surface area contributed by atoms with Gasteiger partial charge >= 0.3 is 0 Å². The fourth-order valence-electron chi connectivity index (χ4n) is 2.51. The molecule has 1 aromatic rings. The Hall–Kier alpha value is -0.740. The van der Waals surface area contributed by atoms with Gasteiger partial charge in [0, 0.05) is 4.47 Å². The zero-order valence-corrected chi connectivity index (χ0v) is 11.6. The van der Waals surface area contributed by atoms with Gasteiger partial charge in [0.2, 0.25) is 0 Å². The Labute approximate surface area is 114 Å². The summed E-state index contributed by atoms with van der Waals surface area (Å²) < 4.78 is 14.2. The number of hydrogen-bond donors (Lipinski definition) is 1. The van der Waals surface area contributed by atoms with Gasteiger partial charge in [-0.3, -0.25) is 4.79 Å². The van der Waals surface area contributed by atoms with Gasteiger partial charge in [0.15, 0.2) is 5.78 Å². The van der Waals surface area contributed by atoms with Crippen LogP contribution in [0.15, 0.2) is 22.7 Å². The molecule has 1 unspecified atom stereocenters. The Balaban J connectivity index is 2.16. The molecule has 2 nitrogen and oxygen atoms in total. The third-order valence-electron chi connectivity index (χ3n) is 3.56. The quantitative estimate of drug-likeness (QED) is 0.863. The third-order valence-corrected chi connectivity index (χ3v) is 4.05. The number of halogens is 2. The number of aliphatic hydroxyl groups is 1. The Morgan fingerprint density at radius 3 is 2.67 bits per heavy atom. The lowest BCUT2D eigenvalue weighted by atomic mass is 9.82. The van der Waals surface area contributed by atoms with E-state index in [4.69, 9.17) is 0 Å². The molecule has 98 valence electrons. The maximum absolute atomic E-state index is 13.6. The molecule has 0 amide bonds. The molecule has 1 aromatic carbocycles. The Morgan fingerprint density at radius 2 is 2.00 bits per heavy atom. The zero-order valence-electron chi connectivity index (χ0n) is 10.0. The van der Waals surface area contributed by atoms with Crippen molar-refractivity contribution in [3.05, 3.63) is 34.1 Å². The van der Waals surface area contributed by atoms with Crippen LogP contribution in [0.4, 0.5) is 4.39 Å². The van der Waals surface area contributed by atoms with Crippen LogP contribution in [0.1, 0.15) is 42.5 Å². The molecule has 1 fully saturated rings. The van der Waals surface area contributed by atoms with Crippen LogP contribution in [0.2, 0.25) is 0 Å². The van der Waals surface area contributed by atoms with Gasteiger partial charge in [0.05, 0.1) is 5.56 Å². The number of hydrogen-bond acceptors (Lipinski definition) is 2. The van der Waals surface area contributed by atoms with Crippen LogP contribution in [0, 0.1) is 11.7 Å². The van der Waals surface area contributed by atoms with Gasteiger partial charge < -0.3 is 5.11 Å². The minimum Gasteiger partial charge on any atom is -0.385 e.